The number of anilines is 1. The molecule has 36 heavy (non-hydrogen) atoms. The molecule has 0 bridgehead atoms. The van der Waals surface area contributed by atoms with Gasteiger partial charge in [-0.25, -0.2) is 24.8 Å². The topological polar surface area (TPSA) is 175 Å². The van der Waals surface area contributed by atoms with Crippen molar-refractivity contribution in [3.8, 4) is 11.5 Å². The van der Waals surface area contributed by atoms with Crippen LogP contribution in [-0.2, 0) is 9.59 Å². The lowest BCUT2D eigenvalue weighted by molar-refractivity contribution is -0.134. The Hall–Kier alpha value is -4.84. The minimum Gasteiger partial charge on any atom is -0.493 e. The van der Waals surface area contributed by atoms with Gasteiger partial charge in [-0.2, -0.15) is 0 Å². The predicted molar refractivity (Wildman–Crippen MR) is 128 cm³/mol. The third kappa shape index (κ3) is 8.18. The van der Waals surface area contributed by atoms with Gasteiger partial charge in [-0.1, -0.05) is 12.1 Å². The van der Waals surface area contributed by atoms with Crippen molar-refractivity contribution in [2.45, 2.75) is 12.5 Å². The maximum atomic E-state index is 12.8. The largest absolute Gasteiger partial charge is 0.493 e. The van der Waals surface area contributed by atoms with Gasteiger partial charge in [0, 0.05) is 29.6 Å². The molecule has 0 aliphatic carbocycles. The first-order chi connectivity index (χ1) is 17.1. The first-order valence-corrected chi connectivity index (χ1v) is 10.4. The van der Waals surface area contributed by atoms with Gasteiger partial charge in [-0.05, 0) is 48.4 Å². The fraction of sp³-hybridized carbons (Fsp3) is 0.167. The summed E-state index contributed by atoms with van der Waals surface area (Å²) in [5.41, 5.74) is 4.98. The number of carboxylic acid groups (broad SMARTS) is 3. The Labute approximate surface area is 206 Å². The number of amides is 2. The second kappa shape index (κ2) is 13.2. The second-order valence-corrected chi connectivity index (χ2v) is 7.11. The van der Waals surface area contributed by atoms with Crippen LogP contribution in [0.4, 0.5) is 10.5 Å². The van der Waals surface area contributed by atoms with Gasteiger partial charge in [0.15, 0.2) is 11.5 Å². The van der Waals surface area contributed by atoms with Crippen molar-refractivity contribution in [1.82, 2.24) is 10.4 Å². The maximum Gasteiger partial charge on any atom is 0.409 e. The summed E-state index contributed by atoms with van der Waals surface area (Å²) < 4.78 is 10.6. The lowest BCUT2D eigenvalue weighted by atomic mass is 10.0. The molecule has 0 saturated heterocycles. The van der Waals surface area contributed by atoms with Crippen LogP contribution < -0.4 is 20.2 Å². The summed E-state index contributed by atoms with van der Waals surface area (Å²) >= 11 is 0. The number of aliphatic carboxylic acids is 2. The monoisotopic (exact) mass is 499 g/mol. The van der Waals surface area contributed by atoms with E-state index >= 15 is 0 Å². The second-order valence-electron chi connectivity index (χ2n) is 7.11. The molecule has 5 N–H and O–H groups in total. The molecule has 2 aromatic rings. The Bertz CT molecular complexity index is 1140. The Kier molecular flexibility index (Phi) is 10.0. The predicted octanol–water partition coefficient (Wildman–Crippen LogP) is 3.11. The number of hydrogen-bond donors (Lipinski definition) is 5. The van der Waals surface area contributed by atoms with Gasteiger partial charge in [0.1, 0.15) is 0 Å². The van der Waals surface area contributed by atoms with Crippen molar-refractivity contribution in [2.24, 2.45) is 0 Å². The average Bonchev–Trinajstić information content (AvgIpc) is 2.87. The summed E-state index contributed by atoms with van der Waals surface area (Å²) in [7, 11) is 3.16. The minimum absolute atomic E-state index is 0.110. The van der Waals surface area contributed by atoms with Crippen molar-refractivity contribution in [3.63, 3.8) is 0 Å². The number of benzene rings is 2. The lowest BCUT2D eigenvalue weighted by Crippen LogP contribution is -2.43. The molecule has 2 amide bonds. The first-order valence-electron chi connectivity index (χ1n) is 10.4. The van der Waals surface area contributed by atoms with Crippen LogP contribution in [0, 0.1) is 0 Å². The molecular formula is C24H25N3O9. The highest BCUT2D eigenvalue weighted by Crippen LogP contribution is 2.32. The van der Waals surface area contributed by atoms with Crippen LogP contribution in [0.3, 0.4) is 0 Å². The minimum atomic E-state index is -1.26. The van der Waals surface area contributed by atoms with Crippen LogP contribution in [0.15, 0.2) is 66.9 Å². The van der Waals surface area contributed by atoms with E-state index in [2.05, 4.69) is 10.7 Å². The average molecular weight is 499 g/mol. The van der Waals surface area contributed by atoms with E-state index < -0.39 is 18.0 Å². The number of nitrogens with zero attached hydrogens (tertiary/aromatic N) is 1. The summed E-state index contributed by atoms with van der Waals surface area (Å²) in [4.78, 5) is 42.5. The summed E-state index contributed by atoms with van der Waals surface area (Å²) in [5, 5.41) is 28.0. The Balaban J connectivity index is 0.000000493. The zero-order valence-corrected chi connectivity index (χ0v) is 19.4. The van der Waals surface area contributed by atoms with Crippen molar-refractivity contribution in [1.29, 1.82) is 0 Å². The SMILES string of the molecule is COc1ccc(C2CC=CN(C(=O)c3ccc(NC(=O)O)cc3)N2)cc1OC.O=C(O)/C=C/C(=O)O. The van der Waals surface area contributed by atoms with Gasteiger partial charge < -0.3 is 24.8 Å². The fourth-order valence-corrected chi connectivity index (χ4v) is 3.07. The highest BCUT2D eigenvalue weighted by molar-refractivity contribution is 5.95. The van der Waals surface area contributed by atoms with E-state index in [1.807, 2.05) is 24.3 Å². The van der Waals surface area contributed by atoms with Gasteiger partial charge in [-0.3, -0.25) is 10.1 Å². The number of methoxy groups -OCH3 is 2. The molecule has 0 saturated carbocycles. The molecule has 1 aliphatic rings. The molecule has 2 aromatic carbocycles. The highest BCUT2D eigenvalue weighted by atomic mass is 16.5. The smallest absolute Gasteiger partial charge is 0.409 e. The van der Waals surface area contributed by atoms with Gasteiger partial charge >= 0.3 is 18.0 Å². The van der Waals surface area contributed by atoms with Crippen molar-refractivity contribution < 1.29 is 44.0 Å². The van der Waals surface area contributed by atoms with E-state index in [1.54, 1.807) is 44.7 Å². The number of ether oxygens (including phenoxy) is 2. The van der Waals surface area contributed by atoms with Crippen LogP contribution in [0.25, 0.3) is 0 Å². The number of hydrazine groups is 1. The van der Waals surface area contributed by atoms with E-state index in [-0.39, 0.29) is 11.9 Å². The molecular weight excluding hydrogens is 474 g/mol. The number of hydrogen-bond acceptors (Lipinski definition) is 7. The standard InChI is InChI=1S/C20H21N3O5.C4H4O4/c1-27-17-10-7-14(12-18(17)28-2)16-4-3-11-23(22-16)19(24)13-5-8-15(9-6-13)21-20(25)26;5-3(6)1-2-4(7)8/h3,5-12,16,21-22H,4H2,1-2H3,(H,25,26);1-2H,(H,5,6)(H,7,8)/b;2-1+. The van der Waals surface area contributed by atoms with Gasteiger partial charge in [0.05, 0.1) is 20.3 Å². The molecule has 0 aromatic heterocycles. The molecule has 1 unspecified atom stereocenters. The van der Waals surface area contributed by atoms with Crippen LogP contribution in [-0.4, -0.2) is 58.5 Å². The summed E-state index contributed by atoms with van der Waals surface area (Å²) in [5.74, 6) is -1.50. The number of carboxylic acids is 2. The van der Waals surface area contributed by atoms with Crippen LogP contribution in [0.2, 0.25) is 0 Å². The molecule has 1 atom stereocenters. The normalized spacial score (nSPS) is 14.4. The molecule has 0 spiro atoms. The van der Waals surface area contributed by atoms with E-state index in [9.17, 15) is 19.2 Å². The number of carbonyl (C=O) groups is 4. The quantitative estimate of drug-likeness (QED) is 0.356. The summed E-state index contributed by atoms with van der Waals surface area (Å²) in [6.45, 7) is 0. The van der Waals surface area contributed by atoms with Crippen LogP contribution in [0.1, 0.15) is 28.4 Å². The maximum absolute atomic E-state index is 12.8. The van der Waals surface area contributed by atoms with E-state index in [1.165, 1.54) is 5.01 Å². The molecule has 12 nitrogen and oxygen atoms in total. The summed E-state index contributed by atoms with van der Waals surface area (Å²) in [6.07, 6.45) is 4.27. The van der Waals surface area contributed by atoms with Crippen LogP contribution >= 0.6 is 0 Å². The van der Waals surface area contributed by atoms with E-state index in [4.69, 9.17) is 24.8 Å². The van der Waals surface area contributed by atoms with Crippen LogP contribution in [0.5, 0.6) is 11.5 Å². The van der Waals surface area contributed by atoms with Gasteiger partial charge in [-0.15, -0.1) is 0 Å². The number of rotatable bonds is 7. The van der Waals surface area contributed by atoms with Crippen molar-refractivity contribution in [3.05, 3.63) is 78.0 Å². The molecule has 0 radical (unpaired) electrons. The van der Waals surface area contributed by atoms with Crippen molar-refractivity contribution in [2.75, 3.05) is 19.5 Å². The molecule has 3 rings (SSSR count). The van der Waals surface area contributed by atoms with E-state index in [0.29, 0.717) is 41.3 Å². The van der Waals surface area contributed by atoms with Gasteiger partial charge in [0.2, 0.25) is 0 Å². The Morgan fingerprint density at radius 2 is 1.56 bits per heavy atom. The lowest BCUT2D eigenvalue weighted by Gasteiger charge is -2.30. The fourth-order valence-electron chi connectivity index (χ4n) is 3.07. The Morgan fingerprint density at radius 1 is 0.944 bits per heavy atom. The first kappa shape index (κ1) is 27.4. The zero-order valence-electron chi connectivity index (χ0n) is 19.4. The Morgan fingerprint density at radius 3 is 2.08 bits per heavy atom. The summed E-state index contributed by atoms with van der Waals surface area (Å²) in [6, 6.07) is 11.8. The molecule has 190 valence electrons. The van der Waals surface area contributed by atoms with Gasteiger partial charge in [0.25, 0.3) is 5.91 Å². The third-order valence-corrected chi connectivity index (χ3v) is 4.70. The van der Waals surface area contributed by atoms with E-state index in [0.717, 1.165) is 5.56 Å². The zero-order chi connectivity index (χ0) is 26.7. The molecule has 0 fully saturated rings. The highest BCUT2D eigenvalue weighted by Gasteiger charge is 2.23. The third-order valence-electron chi connectivity index (χ3n) is 4.70. The molecule has 12 heteroatoms. The number of nitrogens with one attached hydrogen (secondary N) is 2. The van der Waals surface area contributed by atoms with Crippen molar-refractivity contribution >= 4 is 29.6 Å². The number of carbonyl (C=O) groups excluding carboxylic acids is 1. The molecule has 1 heterocycles. The molecule has 1 aliphatic heterocycles.